The van der Waals surface area contributed by atoms with Crippen molar-refractivity contribution in [2.24, 2.45) is 0 Å². The fourth-order valence-corrected chi connectivity index (χ4v) is 3.47. The lowest BCUT2D eigenvalue weighted by Crippen LogP contribution is -2.27. The standard InChI is InChI=1S/C29H31NO5/c1-22-9-6-7-13-25(22)14-15-30-28(31)19-24-17-26(20-27(18-24)35-21-29(32)33-2)34-16-8-12-23-10-4-3-5-11-23/h3-13,17-18,20H,14-16,19,21H2,1-2H3,(H,30,31)/b12-8+. The van der Waals surface area contributed by atoms with Crippen molar-refractivity contribution in [3.8, 4) is 11.5 Å². The van der Waals surface area contributed by atoms with E-state index < -0.39 is 5.97 Å². The monoisotopic (exact) mass is 473 g/mol. The van der Waals surface area contributed by atoms with E-state index in [1.54, 1.807) is 12.1 Å². The predicted octanol–water partition coefficient (Wildman–Crippen LogP) is 4.54. The molecule has 3 rings (SSSR count). The maximum Gasteiger partial charge on any atom is 0.343 e. The maximum atomic E-state index is 12.6. The molecule has 0 radical (unpaired) electrons. The van der Waals surface area contributed by atoms with E-state index in [9.17, 15) is 9.59 Å². The Morgan fingerprint density at radius 1 is 0.914 bits per heavy atom. The zero-order valence-electron chi connectivity index (χ0n) is 20.2. The molecule has 0 aliphatic rings. The van der Waals surface area contributed by atoms with Crippen LogP contribution in [0.1, 0.15) is 22.3 Å². The quantitative estimate of drug-likeness (QED) is 0.391. The number of rotatable bonds is 12. The van der Waals surface area contributed by atoms with Crippen LogP contribution in [-0.2, 0) is 27.2 Å². The Balaban J connectivity index is 1.60. The minimum atomic E-state index is -0.488. The van der Waals surface area contributed by atoms with E-state index in [1.807, 2.05) is 60.7 Å². The van der Waals surface area contributed by atoms with Crippen molar-refractivity contribution in [1.82, 2.24) is 5.32 Å². The number of ether oxygens (including phenoxy) is 3. The van der Waals surface area contributed by atoms with Gasteiger partial charge in [0.25, 0.3) is 0 Å². The van der Waals surface area contributed by atoms with Gasteiger partial charge in [0, 0.05) is 12.6 Å². The second-order valence-corrected chi connectivity index (χ2v) is 8.00. The summed E-state index contributed by atoms with van der Waals surface area (Å²) in [5, 5.41) is 2.97. The topological polar surface area (TPSA) is 73.9 Å². The van der Waals surface area contributed by atoms with Gasteiger partial charge in [-0.3, -0.25) is 4.79 Å². The number of carbonyl (C=O) groups is 2. The molecule has 0 unspecified atom stereocenters. The second kappa shape index (κ2) is 13.6. The lowest BCUT2D eigenvalue weighted by Gasteiger charge is -2.12. The van der Waals surface area contributed by atoms with Crippen molar-refractivity contribution >= 4 is 18.0 Å². The Morgan fingerprint density at radius 2 is 1.63 bits per heavy atom. The second-order valence-electron chi connectivity index (χ2n) is 8.00. The molecule has 1 N–H and O–H groups in total. The first-order chi connectivity index (χ1) is 17.0. The molecule has 0 aromatic heterocycles. The Hall–Kier alpha value is -4.06. The number of hydrogen-bond donors (Lipinski definition) is 1. The third kappa shape index (κ3) is 9.01. The molecule has 3 aromatic carbocycles. The van der Waals surface area contributed by atoms with E-state index >= 15 is 0 Å². The molecule has 0 spiro atoms. The third-order valence-corrected chi connectivity index (χ3v) is 5.32. The van der Waals surface area contributed by atoms with Crippen molar-refractivity contribution in [1.29, 1.82) is 0 Å². The molecule has 0 heterocycles. The highest BCUT2D eigenvalue weighted by atomic mass is 16.6. The highest BCUT2D eigenvalue weighted by molar-refractivity contribution is 5.79. The van der Waals surface area contributed by atoms with E-state index in [0.717, 1.165) is 17.5 Å². The van der Waals surface area contributed by atoms with E-state index in [1.165, 1.54) is 18.2 Å². The summed E-state index contributed by atoms with van der Waals surface area (Å²) in [5.41, 5.74) is 4.22. The van der Waals surface area contributed by atoms with Crippen LogP contribution in [0.2, 0.25) is 0 Å². The van der Waals surface area contributed by atoms with Crippen LogP contribution in [0.4, 0.5) is 0 Å². The number of methoxy groups -OCH3 is 1. The molecular formula is C29H31NO5. The zero-order chi connectivity index (χ0) is 24.9. The van der Waals surface area contributed by atoms with Crippen molar-refractivity contribution in [2.75, 3.05) is 26.9 Å². The third-order valence-electron chi connectivity index (χ3n) is 5.32. The summed E-state index contributed by atoms with van der Waals surface area (Å²) in [4.78, 5) is 24.0. The number of aryl methyl sites for hydroxylation is 1. The van der Waals surface area contributed by atoms with E-state index in [2.05, 4.69) is 29.1 Å². The lowest BCUT2D eigenvalue weighted by atomic mass is 10.1. The lowest BCUT2D eigenvalue weighted by molar-refractivity contribution is -0.142. The minimum absolute atomic E-state index is 0.0985. The minimum Gasteiger partial charge on any atom is -0.489 e. The molecule has 0 aliphatic carbocycles. The van der Waals surface area contributed by atoms with Crippen molar-refractivity contribution in [3.05, 3.63) is 101 Å². The molecule has 182 valence electrons. The molecule has 3 aromatic rings. The smallest absolute Gasteiger partial charge is 0.343 e. The van der Waals surface area contributed by atoms with Gasteiger partial charge in [0.1, 0.15) is 18.1 Å². The van der Waals surface area contributed by atoms with Crippen LogP contribution < -0.4 is 14.8 Å². The number of nitrogens with one attached hydrogen (secondary N) is 1. The van der Waals surface area contributed by atoms with Crippen molar-refractivity contribution < 1.29 is 23.8 Å². The van der Waals surface area contributed by atoms with Crippen molar-refractivity contribution in [2.45, 2.75) is 19.8 Å². The van der Waals surface area contributed by atoms with Crippen molar-refractivity contribution in [3.63, 3.8) is 0 Å². The van der Waals surface area contributed by atoms with E-state index in [-0.39, 0.29) is 18.9 Å². The molecule has 35 heavy (non-hydrogen) atoms. The van der Waals surface area contributed by atoms with Gasteiger partial charge in [-0.05, 0) is 53.8 Å². The number of carbonyl (C=O) groups excluding carboxylic acids is 2. The Morgan fingerprint density at radius 3 is 2.37 bits per heavy atom. The van der Waals surface area contributed by atoms with Gasteiger partial charge in [-0.2, -0.15) is 0 Å². The molecule has 0 fully saturated rings. The first-order valence-electron chi connectivity index (χ1n) is 11.5. The van der Waals surface area contributed by atoms with Gasteiger partial charge < -0.3 is 19.5 Å². The number of amides is 1. The predicted molar refractivity (Wildman–Crippen MR) is 137 cm³/mol. The molecule has 0 saturated carbocycles. The Labute approximate surface area is 206 Å². The highest BCUT2D eigenvalue weighted by Crippen LogP contribution is 2.24. The molecule has 0 atom stereocenters. The van der Waals surface area contributed by atoms with Crippen LogP contribution in [-0.4, -0.2) is 38.7 Å². The molecular weight excluding hydrogens is 442 g/mol. The number of hydrogen-bond acceptors (Lipinski definition) is 5. The summed E-state index contributed by atoms with van der Waals surface area (Å²) in [5.74, 6) is 0.395. The van der Waals surface area contributed by atoms with Crippen LogP contribution in [0.25, 0.3) is 6.08 Å². The molecule has 0 aliphatic heterocycles. The van der Waals surface area contributed by atoms with Gasteiger partial charge in [-0.1, -0.05) is 60.7 Å². The van der Waals surface area contributed by atoms with Gasteiger partial charge in [0.2, 0.25) is 5.91 Å². The largest absolute Gasteiger partial charge is 0.489 e. The summed E-state index contributed by atoms with van der Waals surface area (Å²) >= 11 is 0. The normalized spacial score (nSPS) is 10.7. The first-order valence-corrected chi connectivity index (χ1v) is 11.5. The van der Waals surface area contributed by atoms with Gasteiger partial charge in [-0.15, -0.1) is 0 Å². The van der Waals surface area contributed by atoms with Gasteiger partial charge in [-0.25, -0.2) is 4.79 Å². The average molecular weight is 474 g/mol. The van der Waals surface area contributed by atoms with E-state index in [4.69, 9.17) is 9.47 Å². The average Bonchev–Trinajstić information content (AvgIpc) is 2.87. The van der Waals surface area contributed by atoms with Gasteiger partial charge in [0.15, 0.2) is 6.61 Å². The SMILES string of the molecule is COC(=O)COc1cc(CC(=O)NCCc2ccccc2C)cc(OC/C=C/c2ccccc2)c1. The summed E-state index contributed by atoms with van der Waals surface area (Å²) in [7, 11) is 1.30. The van der Waals surface area contributed by atoms with Crippen LogP contribution in [0.15, 0.2) is 78.9 Å². The highest BCUT2D eigenvalue weighted by Gasteiger charge is 2.10. The molecule has 6 heteroatoms. The zero-order valence-corrected chi connectivity index (χ0v) is 20.2. The van der Waals surface area contributed by atoms with E-state index in [0.29, 0.717) is 24.7 Å². The van der Waals surface area contributed by atoms with Crippen LogP contribution in [0.3, 0.4) is 0 Å². The molecule has 1 amide bonds. The van der Waals surface area contributed by atoms with Gasteiger partial charge >= 0.3 is 5.97 Å². The fourth-order valence-electron chi connectivity index (χ4n) is 3.47. The maximum absolute atomic E-state index is 12.6. The molecule has 0 saturated heterocycles. The fraction of sp³-hybridized carbons (Fsp3) is 0.241. The molecule has 6 nitrogen and oxygen atoms in total. The Bertz CT molecular complexity index is 1140. The van der Waals surface area contributed by atoms with Gasteiger partial charge in [0.05, 0.1) is 13.5 Å². The summed E-state index contributed by atoms with van der Waals surface area (Å²) < 4.78 is 16.0. The number of benzene rings is 3. The molecule has 0 bridgehead atoms. The summed E-state index contributed by atoms with van der Waals surface area (Å²) in [6.45, 7) is 2.73. The van der Waals surface area contributed by atoms with Crippen LogP contribution >= 0.6 is 0 Å². The van der Waals surface area contributed by atoms with Crippen LogP contribution in [0.5, 0.6) is 11.5 Å². The summed E-state index contributed by atoms with van der Waals surface area (Å²) in [6, 6.07) is 23.3. The Kier molecular flexibility index (Phi) is 9.93. The summed E-state index contributed by atoms with van der Waals surface area (Å²) in [6.07, 6.45) is 4.82. The number of esters is 1. The van der Waals surface area contributed by atoms with Crippen LogP contribution in [0, 0.1) is 6.92 Å². The first kappa shape index (κ1) is 25.6.